The lowest BCUT2D eigenvalue weighted by atomic mass is 9.85. The van der Waals surface area contributed by atoms with E-state index in [1.54, 1.807) is 11.3 Å². The Morgan fingerprint density at radius 1 is 0.803 bits per heavy atom. The Morgan fingerprint density at radius 2 is 1.39 bits per heavy atom. The molecule has 1 aromatic heterocycles. The Labute approximate surface area is 365 Å². The molecule has 2 aliphatic rings. The summed E-state index contributed by atoms with van der Waals surface area (Å²) in [5.74, 6) is -0.655. The van der Waals surface area contributed by atoms with Gasteiger partial charge in [0.15, 0.2) is 0 Å². The molecule has 0 bridgehead atoms. The second-order valence-corrected chi connectivity index (χ2v) is 18.6. The fourth-order valence-electron chi connectivity index (χ4n) is 8.55. The second-order valence-electron chi connectivity index (χ2n) is 17.7. The van der Waals surface area contributed by atoms with Crippen molar-refractivity contribution in [1.82, 2.24) is 30.3 Å². The number of carbonyl (C=O) groups is 4. The van der Waals surface area contributed by atoms with Crippen LogP contribution in [0.3, 0.4) is 0 Å². The van der Waals surface area contributed by atoms with Crippen LogP contribution in [0.2, 0.25) is 0 Å². The zero-order chi connectivity index (χ0) is 43.4. The van der Waals surface area contributed by atoms with Crippen LogP contribution in [0.15, 0.2) is 90.4 Å². The molecule has 11 nitrogen and oxygen atoms in total. The van der Waals surface area contributed by atoms with Gasteiger partial charge in [0, 0.05) is 58.5 Å². The number of thiazole rings is 1. The van der Waals surface area contributed by atoms with Crippen molar-refractivity contribution in [3.05, 3.63) is 113 Å². The minimum atomic E-state index is -0.849. The van der Waals surface area contributed by atoms with E-state index in [9.17, 15) is 24.3 Å². The van der Waals surface area contributed by atoms with Gasteiger partial charge in [-0.25, -0.2) is 4.98 Å². The van der Waals surface area contributed by atoms with Crippen molar-refractivity contribution in [3.8, 4) is 10.4 Å². The zero-order valence-electron chi connectivity index (χ0n) is 36.4. The molecule has 3 N–H and O–H groups in total. The highest BCUT2D eigenvalue weighted by Gasteiger charge is 2.44. The lowest BCUT2D eigenvalue weighted by Gasteiger charge is -2.40. The van der Waals surface area contributed by atoms with Crippen molar-refractivity contribution in [2.45, 2.75) is 116 Å². The number of hydrogen-bond acceptors (Lipinski definition) is 8. The fourth-order valence-corrected chi connectivity index (χ4v) is 9.37. The zero-order valence-corrected chi connectivity index (χ0v) is 37.2. The standard InChI is InChI=1S/C49H64N6O5S/c1-35-45(61-34-51-35)39-25-23-36(24-26-39)32-50-47(59)41-31-40(56)33-55(41)48(60)46(49(2,3)4)52-42(57)21-15-7-5-6-8-16-22-43(58)53-27-29-54(30-28-53)44(37-17-11-9-12-18-37)38-19-13-10-14-20-38/h9-14,17-20,23-26,34,40-41,44,46,56H,5-8,15-16,21-22,27-33H2,1-4H3,(H,50,59)(H,52,57)/t40-,41+,46-/m1/s1. The smallest absolute Gasteiger partial charge is 0.246 e. The van der Waals surface area contributed by atoms with Gasteiger partial charge >= 0.3 is 0 Å². The van der Waals surface area contributed by atoms with Gasteiger partial charge in [-0.1, -0.05) is 131 Å². The Bertz CT molecular complexity index is 1990. The predicted octanol–water partition coefficient (Wildman–Crippen LogP) is 7.28. The molecule has 61 heavy (non-hydrogen) atoms. The van der Waals surface area contributed by atoms with Crippen molar-refractivity contribution in [2.75, 3.05) is 32.7 Å². The molecule has 3 heterocycles. The molecule has 3 atom stereocenters. The third-order valence-electron chi connectivity index (χ3n) is 12.0. The first-order chi connectivity index (χ1) is 29.4. The summed E-state index contributed by atoms with van der Waals surface area (Å²) in [5.41, 5.74) is 6.72. The topological polar surface area (TPSA) is 135 Å². The predicted molar refractivity (Wildman–Crippen MR) is 241 cm³/mol. The number of nitrogens with zero attached hydrogens (tertiary/aromatic N) is 4. The van der Waals surface area contributed by atoms with Crippen LogP contribution in [0.4, 0.5) is 0 Å². The van der Waals surface area contributed by atoms with E-state index < -0.39 is 23.6 Å². The van der Waals surface area contributed by atoms with E-state index >= 15 is 0 Å². The van der Waals surface area contributed by atoms with Gasteiger partial charge in [-0.2, -0.15) is 0 Å². The van der Waals surface area contributed by atoms with Gasteiger partial charge in [-0.3, -0.25) is 24.1 Å². The van der Waals surface area contributed by atoms with E-state index in [0.717, 1.165) is 80.0 Å². The number of aliphatic hydroxyl groups is 1. The summed E-state index contributed by atoms with van der Waals surface area (Å²) in [6.07, 6.45) is 5.56. The molecular formula is C49H64N6O5S. The van der Waals surface area contributed by atoms with Gasteiger partial charge in [0.1, 0.15) is 12.1 Å². The van der Waals surface area contributed by atoms with Gasteiger partial charge in [-0.05, 0) is 47.4 Å². The van der Waals surface area contributed by atoms with E-state index in [-0.39, 0.29) is 49.2 Å². The average molecular weight is 849 g/mol. The summed E-state index contributed by atoms with van der Waals surface area (Å²) in [6, 6.07) is 27.6. The number of piperazine rings is 1. The summed E-state index contributed by atoms with van der Waals surface area (Å²) < 4.78 is 0. The summed E-state index contributed by atoms with van der Waals surface area (Å²) >= 11 is 1.59. The maximum Gasteiger partial charge on any atom is 0.246 e. The van der Waals surface area contributed by atoms with E-state index in [1.165, 1.54) is 16.0 Å². The first-order valence-electron chi connectivity index (χ1n) is 22.1. The number of aromatic nitrogens is 1. The molecule has 0 aliphatic carbocycles. The summed E-state index contributed by atoms with van der Waals surface area (Å²) in [6.45, 7) is 11.1. The third kappa shape index (κ3) is 12.6. The Hall–Kier alpha value is -4.91. The van der Waals surface area contributed by atoms with Crippen LogP contribution in [-0.2, 0) is 25.7 Å². The van der Waals surface area contributed by atoms with E-state index in [4.69, 9.17) is 0 Å². The number of nitrogens with one attached hydrogen (secondary N) is 2. The number of β-amino-alcohol motifs (C(OH)–C–C–N with tert-alkyl or cyclic N) is 1. The molecule has 4 amide bonds. The first kappa shape index (κ1) is 45.6. The number of benzene rings is 3. The van der Waals surface area contributed by atoms with Gasteiger partial charge < -0.3 is 25.5 Å². The molecule has 2 saturated heterocycles. The van der Waals surface area contributed by atoms with Crippen molar-refractivity contribution in [2.24, 2.45) is 5.41 Å². The number of hydrogen-bond donors (Lipinski definition) is 3. The van der Waals surface area contributed by atoms with Crippen molar-refractivity contribution >= 4 is 35.0 Å². The van der Waals surface area contributed by atoms with Crippen LogP contribution >= 0.6 is 11.3 Å². The van der Waals surface area contributed by atoms with Crippen LogP contribution in [0.25, 0.3) is 10.4 Å². The van der Waals surface area contributed by atoms with Crippen molar-refractivity contribution in [1.29, 1.82) is 0 Å². The number of carbonyl (C=O) groups excluding carboxylic acids is 4. The minimum Gasteiger partial charge on any atom is -0.391 e. The van der Waals surface area contributed by atoms with Crippen LogP contribution < -0.4 is 10.6 Å². The fraction of sp³-hybridized carbons (Fsp3) is 0.490. The highest BCUT2D eigenvalue weighted by atomic mass is 32.1. The molecule has 0 unspecified atom stereocenters. The molecule has 0 radical (unpaired) electrons. The number of unbranched alkanes of at least 4 members (excludes halogenated alkanes) is 5. The molecular weight excluding hydrogens is 785 g/mol. The molecule has 12 heteroatoms. The van der Waals surface area contributed by atoms with Crippen LogP contribution in [-0.4, -0.2) is 99.3 Å². The Balaban J connectivity index is 0.875. The maximum atomic E-state index is 14.0. The number of rotatable bonds is 18. The average Bonchev–Trinajstić information content (AvgIpc) is 3.88. The number of aliphatic hydroxyl groups excluding tert-OH is 1. The van der Waals surface area contributed by atoms with E-state index in [2.05, 4.69) is 69.0 Å². The summed E-state index contributed by atoms with van der Waals surface area (Å²) in [7, 11) is 0. The molecule has 326 valence electrons. The molecule has 2 fully saturated rings. The quantitative estimate of drug-likeness (QED) is 0.0897. The van der Waals surface area contributed by atoms with Crippen molar-refractivity contribution < 1.29 is 24.3 Å². The molecule has 4 aromatic rings. The molecule has 2 aliphatic heterocycles. The summed E-state index contributed by atoms with van der Waals surface area (Å²) in [5, 5.41) is 16.5. The van der Waals surface area contributed by atoms with Crippen molar-refractivity contribution in [3.63, 3.8) is 0 Å². The SMILES string of the molecule is Cc1ncsc1-c1ccc(CNC(=O)[C@@H]2C[C@@H](O)CN2C(=O)[C@@H](NC(=O)CCCCCCCCC(=O)N2CCN(C(c3ccccc3)c3ccccc3)CC2)C(C)(C)C)cc1. The van der Waals surface area contributed by atoms with Gasteiger partial charge in [-0.15, -0.1) is 11.3 Å². The summed E-state index contributed by atoms with van der Waals surface area (Å²) in [4.78, 5) is 65.1. The first-order valence-corrected chi connectivity index (χ1v) is 22.9. The molecule has 0 spiro atoms. The monoisotopic (exact) mass is 848 g/mol. The molecule has 0 saturated carbocycles. The van der Waals surface area contributed by atoms with Crippen LogP contribution in [0, 0.1) is 12.3 Å². The van der Waals surface area contributed by atoms with E-state index in [1.807, 2.05) is 74.5 Å². The van der Waals surface area contributed by atoms with Gasteiger partial charge in [0.2, 0.25) is 23.6 Å². The Kier molecular flexibility index (Phi) is 16.3. The minimum absolute atomic E-state index is 0.0361. The van der Waals surface area contributed by atoms with Gasteiger partial charge in [0.25, 0.3) is 0 Å². The number of likely N-dealkylation sites (tertiary alicyclic amines) is 1. The second kappa shape index (κ2) is 21.7. The van der Waals surface area contributed by atoms with Gasteiger partial charge in [0.05, 0.1) is 28.2 Å². The third-order valence-corrected chi connectivity index (χ3v) is 13.0. The normalized spacial score (nSPS) is 17.7. The lowest BCUT2D eigenvalue weighted by molar-refractivity contribution is -0.144. The number of amides is 4. The lowest BCUT2D eigenvalue weighted by Crippen LogP contribution is -2.57. The maximum absolute atomic E-state index is 14.0. The van der Waals surface area contributed by atoms with Crippen LogP contribution in [0.5, 0.6) is 0 Å². The number of aryl methyl sites for hydroxylation is 1. The highest BCUT2D eigenvalue weighted by molar-refractivity contribution is 7.13. The molecule has 3 aromatic carbocycles. The Morgan fingerprint density at radius 3 is 1.97 bits per heavy atom. The van der Waals surface area contributed by atoms with E-state index in [0.29, 0.717) is 19.3 Å². The largest absolute Gasteiger partial charge is 0.391 e. The highest BCUT2D eigenvalue weighted by Crippen LogP contribution is 2.31. The molecule has 6 rings (SSSR count). The van der Waals surface area contributed by atoms with Crippen LogP contribution in [0.1, 0.15) is 107 Å².